The predicted molar refractivity (Wildman–Crippen MR) is 78.3 cm³/mol. The van der Waals surface area contributed by atoms with Crippen LogP contribution in [-0.2, 0) is 14.3 Å². The Labute approximate surface area is 128 Å². The number of esters is 1. The van der Waals surface area contributed by atoms with E-state index in [1.54, 1.807) is 17.9 Å². The van der Waals surface area contributed by atoms with E-state index in [2.05, 4.69) is 5.32 Å². The number of hydrogen-bond donors (Lipinski definition) is 1. The average molecular weight is 308 g/mol. The molecule has 120 valence electrons. The Morgan fingerprint density at radius 2 is 2.00 bits per heavy atom. The van der Waals surface area contributed by atoms with Gasteiger partial charge in [-0.05, 0) is 25.8 Å². The van der Waals surface area contributed by atoms with E-state index in [1.807, 2.05) is 0 Å². The third-order valence-corrected chi connectivity index (χ3v) is 3.52. The molecule has 0 spiro atoms. The summed E-state index contributed by atoms with van der Waals surface area (Å²) < 4.78 is 10.3. The van der Waals surface area contributed by atoms with Crippen LogP contribution in [0.5, 0.6) is 0 Å². The largest absolute Gasteiger partial charge is 0.466 e. The number of rotatable bonds is 4. The highest BCUT2D eigenvalue weighted by molar-refractivity contribution is 5.93. The fraction of sp³-hybridized carbons (Fsp3) is 0.533. The Bertz CT molecular complexity index is 558. The zero-order valence-corrected chi connectivity index (χ0v) is 12.8. The summed E-state index contributed by atoms with van der Waals surface area (Å²) in [7, 11) is 0. The van der Waals surface area contributed by atoms with Gasteiger partial charge in [-0.1, -0.05) is 0 Å². The van der Waals surface area contributed by atoms with Gasteiger partial charge in [0.05, 0.1) is 12.5 Å². The van der Waals surface area contributed by atoms with Crippen LogP contribution < -0.4 is 5.32 Å². The van der Waals surface area contributed by atoms with Crippen molar-refractivity contribution in [1.82, 2.24) is 4.90 Å². The number of piperidine rings is 1. The molecule has 0 aliphatic carbocycles. The van der Waals surface area contributed by atoms with Crippen LogP contribution in [0.25, 0.3) is 0 Å². The van der Waals surface area contributed by atoms with E-state index in [9.17, 15) is 14.4 Å². The van der Waals surface area contributed by atoms with Gasteiger partial charge in [0.1, 0.15) is 0 Å². The molecule has 1 saturated heterocycles. The second-order valence-corrected chi connectivity index (χ2v) is 5.16. The lowest BCUT2D eigenvalue weighted by atomic mass is 9.97. The minimum Gasteiger partial charge on any atom is -0.466 e. The number of carbonyl (C=O) groups excluding carboxylic acids is 3. The summed E-state index contributed by atoms with van der Waals surface area (Å²) in [5.41, 5.74) is 0. The predicted octanol–water partition coefficient (Wildman–Crippen LogP) is 1.65. The van der Waals surface area contributed by atoms with E-state index in [1.165, 1.54) is 13.0 Å². The number of hydrogen-bond acceptors (Lipinski definition) is 5. The molecule has 1 aliphatic heterocycles. The number of nitrogens with one attached hydrogen (secondary N) is 1. The average Bonchev–Trinajstić information content (AvgIpc) is 2.94. The quantitative estimate of drug-likeness (QED) is 0.854. The molecule has 0 unspecified atom stereocenters. The SMILES string of the molecule is CCOC(=O)C1CCN(C(=O)c2ccc(NC(C)=O)o2)CC1. The van der Waals surface area contributed by atoms with Gasteiger partial charge in [-0.15, -0.1) is 0 Å². The summed E-state index contributed by atoms with van der Waals surface area (Å²) in [6.07, 6.45) is 1.17. The van der Waals surface area contributed by atoms with Gasteiger partial charge in [-0.2, -0.15) is 0 Å². The number of ether oxygens (including phenoxy) is 1. The maximum absolute atomic E-state index is 12.3. The molecule has 0 atom stereocenters. The summed E-state index contributed by atoms with van der Waals surface area (Å²) in [5.74, 6) is -0.408. The Balaban J connectivity index is 1.90. The Hall–Kier alpha value is -2.31. The zero-order chi connectivity index (χ0) is 16.1. The maximum atomic E-state index is 12.3. The first-order valence-corrected chi connectivity index (χ1v) is 7.34. The molecule has 1 aromatic rings. The van der Waals surface area contributed by atoms with Gasteiger partial charge >= 0.3 is 5.97 Å². The lowest BCUT2D eigenvalue weighted by molar-refractivity contribution is -0.149. The Morgan fingerprint density at radius 3 is 2.59 bits per heavy atom. The molecule has 22 heavy (non-hydrogen) atoms. The van der Waals surface area contributed by atoms with Gasteiger partial charge in [-0.3, -0.25) is 19.7 Å². The lowest BCUT2D eigenvalue weighted by Gasteiger charge is -2.30. The molecule has 0 saturated carbocycles. The first kappa shape index (κ1) is 16.1. The maximum Gasteiger partial charge on any atom is 0.309 e. The van der Waals surface area contributed by atoms with Gasteiger partial charge in [0.25, 0.3) is 5.91 Å². The molecule has 2 heterocycles. The first-order valence-electron chi connectivity index (χ1n) is 7.34. The van der Waals surface area contributed by atoms with Crippen molar-refractivity contribution in [3.8, 4) is 0 Å². The number of nitrogens with zero attached hydrogens (tertiary/aromatic N) is 1. The van der Waals surface area contributed by atoms with E-state index in [0.29, 0.717) is 32.5 Å². The highest BCUT2D eigenvalue weighted by Crippen LogP contribution is 2.22. The van der Waals surface area contributed by atoms with Crippen molar-refractivity contribution in [2.45, 2.75) is 26.7 Å². The molecule has 1 aliphatic rings. The monoisotopic (exact) mass is 308 g/mol. The molecular formula is C15H20N2O5. The zero-order valence-electron chi connectivity index (χ0n) is 12.8. The Kier molecular flexibility index (Phi) is 5.19. The van der Waals surface area contributed by atoms with Crippen LogP contribution >= 0.6 is 0 Å². The van der Waals surface area contributed by atoms with Gasteiger partial charge in [0.2, 0.25) is 5.91 Å². The van der Waals surface area contributed by atoms with Crippen molar-refractivity contribution < 1.29 is 23.5 Å². The summed E-state index contributed by atoms with van der Waals surface area (Å²) >= 11 is 0. The molecule has 7 nitrogen and oxygen atoms in total. The molecule has 1 N–H and O–H groups in total. The minimum atomic E-state index is -0.261. The lowest BCUT2D eigenvalue weighted by Crippen LogP contribution is -2.40. The fourth-order valence-electron chi connectivity index (χ4n) is 2.43. The molecule has 2 amide bonds. The number of carbonyl (C=O) groups is 3. The standard InChI is InChI=1S/C15H20N2O5/c1-3-21-15(20)11-6-8-17(9-7-11)14(19)12-4-5-13(22-12)16-10(2)18/h4-5,11H,3,6-9H2,1-2H3,(H,16,18). The highest BCUT2D eigenvalue weighted by Gasteiger charge is 2.29. The van der Waals surface area contributed by atoms with E-state index in [4.69, 9.17) is 9.15 Å². The fourth-order valence-corrected chi connectivity index (χ4v) is 2.43. The molecular weight excluding hydrogens is 288 g/mol. The van der Waals surface area contributed by atoms with Crippen LogP contribution in [-0.4, -0.2) is 42.4 Å². The van der Waals surface area contributed by atoms with Gasteiger partial charge < -0.3 is 14.1 Å². The third-order valence-electron chi connectivity index (χ3n) is 3.52. The van der Waals surface area contributed by atoms with Crippen molar-refractivity contribution in [2.75, 3.05) is 25.0 Å². The first-order chi connectivity index (χ1) is 10.5. The summed E-state index contributed by atoms with van der Waals surface area (Å²) in [6.45, 7) is 4.48. The summed E-state index contributed by atoms with van der Waals surface area (Å²) in [4.78, 5) is 36.6. The van der Waals surface area contributed by atoms with Gasteiger partial charge in [0.15, 0.2) is 11.6 Å². The van der Waals surface area contributed by atoms with E-state index >= 15 is 0 Å². The summed E-state index contributed by atoms with van der Waals surface area (Å²) in [5, 5.41) is 2.48. The van der Waals surface area contributed by atoms with Crippen LogP contribution in [0.2, 0.25) is 0 Å². The molecule has 0 aromatic carbocycles. The molecule has 1 fully saturated rings. The van der Waals surface area contributed by atoms with Gasteiger partial charge in [0, 0.05) is 26.1 Å². The van der Waals surface area contributed by atoms with Crippen LogP contribution in [0.4, 0.5) is 5.88 Å². The molecule has 0 radical (unpaired) electrons. The van der Waals surface area contributed by atoms with Gasteiger partial charge in [-0.25, -0.2) is 0 Å². The molecule has 2 rings (SSSR count). The van der Waals surface area contributed by atoms with Crippen molar-refractivity contribution in [1.29, 1.82) is 0 Å². The van der Waals surface area contributed by atoms with Crippen LogP contribution in [0.15, 0.2) is 16.5 Å². The second kappa shape index (κ2) is 7.11. The van der Waals surface area contributed by atoms with E-state index < -0.39 is 0 Å². The smallest absolute Gasteiger partial charge is 0.309 e. The second-order valence-electron chi connectivity index (χ2n) is 5.16. The van der Waals surface area contributed by atoms with Crippen molar-refractivity contribution >= 4 is 23.7 Å². The minimum absolute atomic E-state index is 0.143. The molecule has 0 bridgehead atoms. The number of anilines is 1. The Morgan fingerprint density at radius 1 is 1.32 bits per heavy atom. The highest BCUT2D eigenvalue weighted by atomic mass is 16.5. The summed E-state index contributed by atoms with van der Waals surface area (Å²) in [6, 6.07) is 3.07. The topological polar surface area (TPSA) is 88.9 Å². The normalized spacial score (nSPS) is 15.5. The number of furan rings is 1. The molecule has 7 heteroatoms. The van der Waals surface area contributed by atoms with Crippen LogP contribution in [0.1, 0.15) is 37.2 Å². The van der Waals surface area contributed by atoms with E-state index in [0.717, 1.165) is 0 Å². The van der Waals surface area contributed by atoms with Crippen molar-refractivity contribution in [3.05, 3.63) is 17.9 Å². The number of likely N-dealkylation sites (tertiary alicyclic amines) is 1. The van der Waals surface area contributed by atoms with Crippen molar-refractivity contribution in [3.63, 3.8) is 0 Å². The van der Waals surface area contributed by atoms with Crippen LogP contribution in [0, 0.1) is 5.92 Å². The van der Waals surface area contributed by atoms with Crippen LogP contribution in [0.3, 0.4) is 0 Å². The third kappa shape index (κ3) is 3.87. The molecule has 1 aromatic heterocycles. The van der Waals surface area contributed by atoms with E-state index in [-0.39, 0.29) is 35.3 Å². The van der Waals surface area contributed by atoms with Crippen molar-refractivity contribution in [2.24, 2.45) is 5.92 Å². The number of amides is 2.